The standard InChI is InChI=1S/C30H38N2O6.C24H33BrN2O6.C9H14N2O3S.C6H7BO2.ClH/c1-29(2,3)25(31-28(36)38-23-12-8-9-13-23)26(33)32-19-30(37-4,18-24(32)27(34)35)22-16-14-21(15-17-22)20-10-6-5-7-11-20;1-23(2,3)19(26-22(31)33-17-7-5-6-8-17)20(28)27-14-24(32-4,13-18(27)21(29)30)15-9-11-16(25)12-10-15;1-2-6-5-9(6,10)8(12)11-15(13,14)7-3-4-7;8-7(9)6-4-2-1-3-5-6;/h5-7,10-11,14-17,23-25H,8-9,12-13,18-19H2,1-4H3,(H,31,36)(H,34,35);9-12,17-19H,5-8,13-14H2,1-4H3,(H,26,31)(H,29,30);2,6-7H,1,3-5,10H2,(H,11,12);1-5,8-9H;1H/t24-,25+,30-;18-,19+,24-;6?,9-;;/m001../s1. The summed E-state index contributed by atoms with van der Waals surface area (Å²) < 4.78 is 48.8. The second-order valence-electron chi connectivity index (χ2n) is 27.6. The molecule has 0 radical (unpaired) electrons. The van der Waals surface area contributed by atoms with Crippen LogP contribution in [0.2, 0.25) is 0 Å². The predicted molar refractivity (Wildman–Crippen MR) is 359 cm³/mol. The highest BCUT2D eigenvalue weighted by Crippen LogP contribution is 2.44. The summed E-state index contributed by atoms with van der Waals surface area (Å²) >= 11 is 3.41. The number of carboxylic acids is 2. The van der Waals surface area contributed by atoms with Gasteiger partial charge in [-0.3, -0.25) is 14.4 Å². The van der Waals surface area contributed by atoms with Crippen LogP contribution in [-0.4, -0.2) is 162 Å². The molecule has 6 aliphatic rings. The number of alkyl carbamates (subject to hydrolysis) is 2. The molecule has 524 valence electrons. The number of quaternary nitrogens is 1. The third-order valence-corrected chi connectivity index (χ3v) is 20.9. The number of carbonyl (C=O) groups excluding carboxylic acids is 5. The van der Waals surface area contributed by atoms with Gasteiger partial charge in [0.05, 0.1) is 18.3 Å². The van der Waals surface area contributed by atoms with Crippen LogP contribution in [0.25, 0.3) is 11.1 Å². The van der Waals surface area contributed by atoms with Crippen molar-refractivity contribution in [2.75, 3.05) is 27.3 Å². The molecule has 2 saturated heterocycles. The Morgan fingerprint density at radius 3 is 1.34 bits per heavy atom. The van der Waals surface area contributed by atoms with Crippen molar-refractivity contribution in [2.24, 2.45) is 16.7 Å². The van der Waals surface area contributed by atoms with Crippen LogP contribution >= 0.6 is 15.9 Å². The molecule has 10 N–H and O–H groups in total. The number of likely N-dealkylation sites (tertiary alicyclic amines) is 2. The summed E-state index contributed by atoms with van der Waals surface area (Å²) in [5.74, 6) is -3.63. The van der Waals surface area contributed by atoms with Gasteiger partial charge in [0.2, 0.25) is 21.8 Å². The Hall–Kier alpha value is -6.91. The highest BCUT2D eigenvalue weighted by molar-refractivity contribution is 9.10. The maximum atomic E-state index is 13.9. The zero-order valence-electron chi connectivity index (χ0n) is 55.8. The van der Waals surface area contributed by atoms with E-state index >= 15 is 0 Å². The lowest BCUT2D eigenvalue weighted by atomic mass is 9.81. The number of nitrogens with one attached hydrogen (secondary N) is 3. The number of benzene rings is 4. The number of rotatable bonds is 18. The molecule has 8 atom stereocenters. The lowest BCUT2D eigenvalue weighted by Gasteiger charge is -2.35. The first-order valence-corrected chi connectivity index (χ1v) is 34.5. The number of hydrogen-bond acceptors (Lipinski definition) is 15. The first-order chi connectivity index (χ1) is 44.7. The van der Waals surface area contributed by atoms with E-state index in [-0.39, 0.29) is 61.7 Å². The maximum absolute atomic E-state index is 13.9. The van der Waals surface area contributed by atoms with E-state index in [2.05, 4.69) is 43.6 Å². The highest BCUT2D eigenvalue weighted by atomic mass is 79.9. The van der Waals surface area contributed by atoms with Crippen molar-refractivity contribution in [3.63, 3.8) is 0 Å². The molecule has 5 amide bonds. The van der Waals surface area contributed by atoms with Crippen molar-refractivity contribution in [3.05, 3.63) is 137 Å². The van der Waals surface area contributed by atoms with Gasteiger partial charge in [-0.2, -0.15) is 0 Å². The molecule has 4 saturated carbocycles. The van der Waals surface area contributed by atoms with Crippen LogP contribution in [0, 0.1) is 16.7 Å². The van der Waals surface area contributed by atoms with Gasteiger partial charge in [0.15, 0.2) is 5.54 Å². The van der Waals surface area contributed by atoms with Gasteiger partial charge in [-0.15, -0.1) is 6.58 Å². The van der Waals surface area contributed by atoms with E-state index in [1.807, 2.05) is 126 Å². The number of methoxy groups -OCH3 is 2. The van der Waals surface area contributed by atoms with Crippen molar-refractivity contribution < 1.29 is 99.3 Å². The van der Waals surface area contributed by atoms with Gasteiger partial charge >= 0.3 is 31.2 Å². The number of carbonyl (C=O) groups is 7. The second-order valence-corrected chi connectivity index (χ2v) is 30.4. The molecule has 0 spiro atoms. The Bertz CT molecular complexity index is 3440. The number of nitrogens with zero attached hydrogens (tertiary/aromatic N) is 2. The molecule has 23 nitrogen and oxygen atoms in total. The minimum Gasteiger partial charge on any atom is -1.00 e. The van der Waals surface area contributed by atoms with E-state index < -0.39 is 111 Å². The molecular formula is C69H93BBrClN6O17S. The second kappa shape index (κ2) is 33.1. The Labute approximate surface area is 577 Å². The topological polar surface area (TPSA) is 342 Å². The summed E-state index contributed by atoms with van der Waals surface area (Å²) in [5, 5.41) is 42.3. The maximum Gasteiger partial charge on any atom is 0.488 e. The van der Waals surface area contributed by atoms with E-state index in [1.165, 1.54) is 24.0 Å². The smallest absolute Gasteiger partial charge is 0.488 e. The largest absolute Gasteiger partial charge is 1.00 e. The fourth-order valence-corrected chi connectivity index (χ4v) is 14.1. The number of hydrogen-bond donors (Lipinski definition) is 8. The normalized spacial score (nSPS) is 23.7. The molecular weight excluding hydrogens is 1340 g/mol. The van der Waals surface area contributed by atoms with Crippen LogP contribution in [0.3, 0.4) is 0 Å². The van der Waals surface area contributed by atoms with Crippen LogP contribution in [0.4, 0.5) is 9.59 Å². The lowest BCUT2D eigenvalue weighted by Crippen LogP contribution is -3.00. The van der Waals surface area contributed by atoms with Crippen molar-refractivity contribution in [1.29, 1.82) is 0 Å². The van der Waals surface area contributed by atoms with Crippen molar-refractivity contribution in [1.82, 2.24) is 25.2 Å². The van der Waals surface area contributed by atoms with Crippen LogP contribution in [-0.2, 0) is 64.1 Å². The average molecular weight is 1440 g/mol. The van der Waals surface area contributed by atoms with E-state index in [1.54, 1.807) is 30.3 Å². The monoisotopic (exact) mass is 1430 g/mol. The zero-order chi connectivity index (χ0) is 69.8. The summed E-state index contributed by atoms with van der Waals surface area (Å²) in [6.07, 6.45) is 9.48. The van der Waals surface area contributed by atoms with Crippen LogP contribution < -0.4 is 39.0 Å². The van der Waals surface area contributed by atoms with Crippen LogP contribution in [0.15, 0.2) is 126 Å². The van der Waals surface area contributed by atoms with E-state index in [0.29, 0.717) is 24.7 Å². The number of ether oxygens (including phenoxy) is 4. The van der Waals surface area contributed by atoms with Gasteiger partial charge in [-0.25, -0.2) is 32.3 Å². The van der Waals surface area contributed by atoms with E-state index in [0.717, 1.165) is 78.1 Å². The van der Waals surface area contributed by atoms with E-state index in [4.69, 9.17) is 29.0 Å². The van der Waals surface area contributed by atoms with Crippen molar-refractivity contribution in [3.8, 4) is 11.1 Å². The molecule has 4 aromatic carbocycles. The van der Waals surface area contributed by atoms with E-state index in [9.17, 15) is 52.2 Å². The van der Waals surface area contributed by atoms with Gasteiger partial charge in [0, 0.05) is 43.9 Å². The number of amides is 5. The summed E-state index contributed by atoms with van der Waals surface area (Å²) in [4.78, 5) is 91.7. The number of sulfonamides is 1. The third-order valence-electron chi connectivity index (χ3n) is 18.5. The zero-order valence-corrected chi connectivity index (χ0v) is 59.0. The third kappa shape index (κ3) is 19.9. The first-order valence-electron chi connectivity index (χ1n) is 32.2. The van der Waals surface area contributed by atoms with Gasteiger partial charge < -0.3 is 77.8 Å². The Morgan fingerprint density at radius 1 is 0.625 bits per heavy atom. The molecule has 2 aliphatic heterocycles. The SMILES string of the molecule is C=CC1C[C@]1([NH3+])C(=O)NS(=O)(=O)C1CC1.CO[C@@]1(c2ccc(-c3ccccc3)cc2)C[C@@H](C(=O)O)N(C(=O)[C@@H](NC(=O)OC2CCCC2)C(C)(C)C)C1.CO[C@@]1(c2ccc(Br)cc2)C[C@@H](C(=O)O)N(C(=O)[C@@H](NC(=O)OC2CCCC2)C(C)(C)C)C1.OB(O)c1ccccc1.[Cl-]. The summed E-state index contributed by atoms with van der Waals surface area (Å²) in [7, 11) is -1.72. The molecule has 27 heteroatoms. The van der Waals surface area contributed by atoms with Crippen molar-refractivity contribution in [2.45, 2.75) is 183 Å². The quantitative estimate of drug-likeness (QED) is 0.0512. The molecule has 4 aliphatic carbocycles. The number of aliphatic carboxylic acids is 2. The summed E-state index contributed by atoms with van der Waals surface area (Å²) in [5.41, 5.74) is 3.85. The summed E-state index contributed by atoms with van der Waals surface area (Å²) in [6, 6.07) is 29.7. The lowest BCUT2D eigenvalue weighted by molar-refractivity contribution is -0.423. The fourth-order valence-electron chi connectivity index (χ4n) is 12.4. The molecule has 0 bridgehead atoms. The van der Waals surface area contributed by atoms with Gasteiger partial charge in [-0.1, -0.05) is 161 Å². The molecule has 2 heterocycles. The Balaban J connectivity index is 0.000000226. The minimum atomic E-state index is -3.43. The van der Waals surface area contributed by atoms with Gasteiger partial charge in [0.25, 0.3) is 5.91 Å². The Kier molecular flexibility index (Phi) is 26.9. The van der Waals surface area contributed by atoms with Crippen molar-refractivity contribution >= 4 is 80.4 Å². The molecule has 10 rings (SSSR count). The summed E-state index contributed by atoms with van der Waals surface area (Å²) in [6.45, 7) is 14.7. The first kappa shape index (κ1) is 78.1. The number of halogens is 2. The molecule has 1 unspecified atom stereocenters. The molecule has 0 aromatic heterocycles. The molecule has 96 heavy (non-hydrogen) atoms. The van der Waals surface area contributed by atoms with Crippen LogP contribution in [0.5, 0.6) is 0 Å². The number of carboxylic acid groups (broad SMARTS) is 2. The van der Waals surface area contributed by atoms with Gasteiger partial charge in [0.1, 0.15) is 47.6 Å². The van der Waals surface area contributed by atoms with Crippen LogP contribution in [0.1, 0.15) is 136 Å². The molecule has 6 fully saturated rings. The average Bonchev–Trinajstić information content (AvgIpc) is 1.61. The predicted octanol–water partition coefficient (Wildman–Crippen LogP) is 4.18. The van der Waals surface area contributed by atoms with Gasteiger partial charge in [-0.05, 0) is 115 Å². The molecule has 4 aromatic rings. The Morgan fingerprint density at radius 2 is 1.01 bits per heavy atom. The highest BCUT2D eigenvalue weighted by Gasteiger charge is 2.62. The fraction of sp³-hybridized carbons (Fsp3) is 0.522. The minimum absolute atomic E-state index is 0.